The van der Waals surface area contributed by atoms with Crippen molar-refractivity contribution in [3.63, 3.8) is 0 Å². The van der Waals surface area contributed by atoms with E-state index in [1.54, 1.807) is 14.0 Å². The van der Waals surface area contributed by atoms with Gasteiger partial charge in [0.1, 0.15) is 17.6 Å². The Balaban J connectivity index is 1.38. The summed E-state index contributed by atoms with van der Waals surface area (Å²) in [5.74, 6) is 1.62. The molecule has 2 saturated heterocycles. The monoisotopic (exact) mass is 456 g/mol. The molecular formula is C25H33FN4O3. The molecule has 0 aliphatic carbocycles. The number of carbonyl (C=O) groups is 1. The minimum absolute atomic E-state index is 0.0452. The number of hydrogen-bond acceptors (Lipinski definition) is 7. The largest absolute Gasteiger partial charge is 0.489 e. The molecule has 3 atom stereocenters. The number of methoxy groups -OCH3 is 1. The van der Waals surface area contributed by atoms with Crippen LogP contribution in [0, 0.1) is 5.82 Å². The minimum atomic E-state index is -0.413. The van der Waals surface area contributed by atoms with Crippen LogP contribution >= 0.6 is 0 Å². The van der Waals surface area contributed by atoms with E-state index < -0.39 is 5.82 Å². The molecule has 178 valence electrons. The second kappa shape index (κ2) is 10.5. The fourth-order valence-electron chi connectivity index (χ4n) is 4.67. The molecule has 0 amide bonds. The zero-order valence-corrected chi connectivity index (χ0v) is 19.7. The summed E-state index contributed by atoms with van der Waals surface area (Å²) in [4.78, 5) is 24.2. The van der Waals surface area contributed by atoms with Crippen molar-refractivity contribution >= 4 is 17.5 Å². The number of anilines is 2. The van der Waals surface area contributed by atoms with Crippen molar-refractivity contribution in [1.82, 2.24) is 9.97 Å². The summed E-state index contributed by atoms with van der Waals surface area (Å²) in [6.45, 7) is 6.47. The van der Waals surface area contributed by atoms with Gasteiger partial charge in [0.2, 0.25) is 5.95 Å². The zero-order valence-electron chi connectivity index (χ0n) is 19.7. The van der Waals surface area contributed by atoms with Crippen LogP contribution in [0.25, 0.3) is 0 Å². The Hall–Kier alpha value is -2.74. The van der Waals surface area contributed by atoms with Gasteiger partial charge in [0.05, 0.1) is 18.8 Å². The first-order valence-electron chi connectivity index (χ1n) is 11.7. The van der Waals surface area contributed by atoms with Crippen LogP contribution in [0.1, 0.15) is 51.0 Å². The number of nitrogens with zero attached hydrogens (tertiary/aromatic N) is 4. The van der Waals surface area contributed by atoms with E-state index in [9.17, 15) is 9.18 Å². The summed E-state index contributed by atoms with van der Waals surface area (Å²) < 4.78 is 26.3. The normalized spacial score (nSPS) is 21.8. The van der Waals surface area contributed by atoms with Crippen LogP contribution in [0.3, 0.4) is 0 Å². The third kappa shape index (κ3) is 5.79. The molecule has 0 N–H and O–H groups in total. The summed E-state index contributed by atoms with van der Waals surface area (Å²) in [7, 11) is 1.72. The molecule has 0 bridgehead atoms. The van der Waals surface area contributed by atoms with E-state index in [4.69, 9.17) is 9.47 Å². The maximum atomic E-state index is 14.6. The van der Waals surface area contributed by atoms with Crippen LogP contribution < -0.4 is 14.5 Å². The Bertz CT molecular complexity index is 955. The molecule has 8 heteroatoms. The Morgan fingerprint density at radius 3 is 2.64 bits per heavy atom. The van der Waals surface area contributed by atoms with E-state index in [1.807, 2.05) is 29.2 Å². The van der Waals surface area contributed by atoms with Crippen molar-refractivity contribution in [3.8, 4) is 5.75 Å². The molecule has 3 heterocycles. The third-order valence-corrected chi connectivity index (χ3v) is 6.50. The van der Waals surface area contributed by atoms with Gasteiger partial charge in [-0.3, -0.25) is 0 Å². The number of rotatable bonds is 8. The van der Waals surface area contributed by atoms with Gasteiger partial charge in [0.15, 0.2) is 11.6 Å². The molecule has 2 aliphatic rings. The lowest BCUT2D eigenvalue weighted by Gasteiger charge is -2.32. The van der Waals surface area contributed by atoms with Gasteiger partial charge in [-0.25, -0.2) is 9.37 Å². The van der Waals surface area contributed by atoms with Crippen LogP contribution in [0.2, 0.25) is 0 Å². The number of aromatic nitrogens is 2. The number of ketones is 1. The maximum absolute atomic E-state index is 14.6. The SMILES string of the molecule is COC1CCCN(c2ncc(F)c(N3CC[C@@H](Oc4ccc([C@H](C)CC(C)=O)cc4)C3)n2)C1. The Morgan fingerprint density at radius 1 is 1.15 bits per heavy atom. The van der Waals surface area contributed by atoms with Gasteiger partial charge in [-0.1, -0.05) is 19.1 Å². The van der Waals surface area contributed by atoms with Gasteiger partial charge >= 0.3 is 0 Å². The highest BCUT2D eigenvalue weighted by Gasteiger charge is 2.29. The summed E-state index contributed by atoms with van der Waals surface area (Å²) in [5, 5.41) is 0. The van der Waals surface area contributed by atoms with Gasteiger partial charge in [-0.15, -0.1) is 0 Å². The Kier molecular flexibility index (Phi) is 7.42. The Labute approximate surface area is 194 Å². The smallest absolute Gasteiger partial charge is 0.227 e. The van der Waals surface area contributed by atoms with Crippen molar-refractivity contribution in [1.29, 1.82) is 0 Å². The summed E-state index contributed by atoms with van der Waals surface area (Å²) >= 11 is 0. The summed E-state index contributed by atoms with van der Waals surface area (Å²) in [6, 6.07) is 7.91. The number of hydrogen-bond donors (Lipinski definition) is 0. The first kappa shape index (κ1) is 23.4. The number of Topliss-reactive ketones (excluding diaryl/α,β-unsaturated/α-hetero) is 1. The molecule has 0 spiro atoms. The van der Waals surface area contributed by atoms with Crippen LogP contribution in [0.5, 0.6) is 5.75 Å². The molecule has 4 rings (SSSR count). The topological polar surface area (TPSA) is 67.8 Å². The molecule has 7 nitrogen and oxygen atoms in total. The second-order valence-corrected chi connectivity index (χ2v) is 9.14. The van der Waals surface area contributed by atoms with Crippen molar-refractivity contribution < 1.29 is 18.7 Å². The first-order chi connectivity index (χ1) is 15.9. The second-order valence-electron chi connectivity index (χ2n) is 9.14. The van der Waals surface area contributed by atoms with Gasteiger partial charge in [0.25, 0.3) is 0 Å². The fraction of sp³-hybridized carbons (Fsp3) is 0.560. The maximum Gasteiger partial charge on any atom is 0.227 e. The van der Waals surface area contributed by atoms with E-state index in [2.05, 4.69) is 21.8 Å². The van der Waals surface area contributed by atoms with Crippen molar-refractivity contribution in [3.05, 3.63) is 41.8 Å². The summed E-state index contributed by atoms with van der Waals surface area (Å²) in [6.07, 6.45) is 4.71. The lowest BCUT2D eigenvalue weighted by molar-refractivity contribution is -0.117. The molecule has 0 saturated carbocycles. The predicted molar refractivity (Wildman–Crippen MR) is 126 cm³/mol. The van der Waals surface area contributed by atoms with E-state index in [1.165, 1.54) is 6.20 Å². The third-order valence-electron chi connectivity index (χ3n) is 6.50. The average molecular weight is 457 g/mol. The number of carbonyl (C=O) groups excluding carboxylic acids is 1. The van der Waals surface area contributed by atoms with Crippen molar-refractivity contribution in [2.24, 2.45) is 0 Å². The highest BCUT2D eigenvalue weighted by molar-refractivity contribution is 5.76. The molecule has 1 aromatic carbocycles. The van der Waals surface area contributed by atoms with Crippen LogP contribution in [0.4, 0.5) is 16.2 Å². The van der Waals surface area contributed by atoms with Crippen LogP contribution in [0.15, 0.2) is 30.5 Å². The Morgan fingerprint density at radius 2 is 1.91 bits per heavy atom. The molecule has 2 aliphatic heterocycles. The quantitative estimate of drug-likeness (QED) is 0.595. The van der Waals surface area contributed by atoms with E-state index >= 15 is 0 Å². The first-order valence-corrected chi connectivity index (χ1v) is 11.7. The van der Waals surface area contributed by atoms with Crippen molar-refractivity contribution in [2.75, 3.05) is 43.1 Å². The van der Waals surface area contributed by atoms with Crippen LogP contribution in [-0.4, -0.2) is 61.2 Å². The highest BCUT2D eigenvalue weighted by atomic mass is 19.1. The predicted octanol–water partition coefficient (Wildman–Crippen LogP) is 3.97. The highest BCUT2D eigenvalue weighted by Crippen LogP contribution is 2.28. The number of halogens is 1. The minimum Gasteiger partial charge on any atom is -0.489 e. The fourth-order valence-corrected chi connectivity index (χ4v) is 4.67. The lowest BCUT2D eigenvalue weighted by atomic mass is 9.96. The molecule has 1 aromatic heterocycles. The zero-order chi connectivity index (χ0) is 23.4. The number of ether oxygens (including phenoxy) is 2. The van der Waals surface area contributed by atoms with Gasteiger partial charge in [-0.2, -0.15) is 4.98 Å². The van der Waals surface area contributed by atoms with E-state index in [0.29, 0.717) is 37.8 Å². The molecule has 1 unspecified atom stereocenters. The molecule has 33 heavy (non-hydrogen) atoms. The molecule has 2 fully saturated rings. The molecule has 2 aromatic rings. The van der Waals surface area contributed by atoms with Gasteiger partial charge in [-0.05, 0) is 43.4 Å². The average Bonchev–Trinajstić information content (AvgIpc) is 3.27. The van der Waals surface area contributed by atoms with Crippen molar-refractivity contribution in [2.45, 2.75) is 57.7 Å². The standard InChI is InChI=1S/C25H33FN4O3/c1-17(13-18(2)31)19-6-8-20(9-7-19)33-22-10-12-29(16-22)24-23(26)14-27-25(28-24)30-11-4-5-21(15-30)32-3/h6-9,14,17,21-22H,4-5,10-13,15-16H2,1-3H3/t17-,21?,22-/m1/s1. The number of benzene rings is 1. The lowest BCUT2D eigenvalue weighted by Crippen LogP contribution is -2.40. The van der Waals surface area contributed by atoms with E-state index in [-0.39, 0.29) is 23.9 Å². The molecular weight excluding hydrogens is 423 g/mol. The summed E-state index contributed by atoms with van der Waals surface area (Å²) in [5.41, 5.74) is 1.12. The number of piperidine rings is 1. The van der Waals surface area contributed by atoms with Crippen LogP contribution in [-0.2, 0) is 9.53 Å². The van der Waals surface area contributed by atoms with Gasteiger partial charge < -0.3 is 24.1 Å². The van der Waals surface area contributed by atoms with Gasteiger partial charge in [0, 0.05) is 39.6 Å². The molecule has 0 radical (unpaired) electrons. The van der Waals surface area contributed by atoms with E-state index in [0.717, 1.165) is 37.1 Å².